The number of carbonyl (C=O) groups excluding carboxylic acids is 1. The summed E-state index contributed by atoms with van der Waals surface area (Å²) >= 11 is 1.43. The number of amides is 1. The lowest BCUT2D eigenvalue weighted by Crippen LogP contribution is -2.42. The molecular weight excluding hydrogens is 436 g/mol. The van der Waals surface area contributed by atoms with Crippen molar-refractivity contribution in [2.75, 3.05) is 37.4 Å². The van der Waals surface area contributed by atoms with Gasteiger partial charge in [0.05, 0.1) is 0 Å². The van der Waals surface area contributed by atoms with E-state index in [0.717, 1.165) is 36.4 Å². The fraction of sp³-hybridized carbons (Fsp3) is 0.280. The predicted octanol–water partition coefficient (Wildman–Crippen LogP) is 5.70. The lowest BCUT2D eigenvalue weighted by atomic mass is 10.0. The highest BCUT2D eigenvalue weighted by molar-refractivity contribution is 7.17. The van der Waals surface area contributed by atoms with E-state index in [1.807, 2.05) is 49.5 Å². The average Bonchev–Trinajstić information content (AvgIpc) is 3.46. The Morgan fingerprint density at radius 2 is 1.94 bits per heavy atom. The van der Waals surface area contributed by atoms with Gasteiger partial charge in [-0.15, -0.1) is 0 Å². The first-order valence-electron chi connectivity index (χ1n) is 11.0. The van der Waals surface area contributed by atoms with E-state index in [1.165, 1.54) is 11.3 Å². The van der Waals surface area contributed by atoms with E-state index in [9.17, 15) is 4.79 Å². The molecule has 2 aromatic heterocycles. The number of oxazole rings is 1. The van der Waals surface area contributed by atoms with E-state index in [0.29, 0.717) is 33.9 Å². The van der Waals surface area contributed by atoms with Crippen molar-refractivity contribution in [3.8, 4) is 15.5 Å². The van der Waals surface area contributed by atoms with Crippen LogP contribution in [0.2, 0.25) is 0 Å². The molecule has 0 unspecified atom stereocenters. The number of aromatic nitrogens is 1. The molecule has 5 rings (SSSR count). The third-order valence-electron chi connectivity index (χ3n) is 5.99. The molecule has 3 heterocycles. The number of hydrogen-bond donors (Lipinski definition) is 1. The summed E-state index contributed by atoms with van der Waals surface area (Å²) in [4.78, 5) is 22.6. The molecule has 0 saturated carbocycles. The largest absolute Gasteiger partial charge is 0.423 e. The monoisotopic (exact) mass is 462 g/mol. The Labute approximate surface area is 196 Å². The van der Waals surface area contributed by atoms with E-state index >= 15 is 0 Å². The molecule has 0 radical (unpaired) electrons. The van der Waals surface area contributed by atoms with E-state index in [-0.39, 0.29) is 0 Å². The van der Waals surface area contributed by atoms with Crippen molar-refractivity contribution < 1.29 is 13.9 Å². The van der Waals surface area contributed by atoms with Crippen molar-refractivity contribution in [2.45, 2.75) is 18.9 Å². The molecule has 1 saturated heterocycles. The third-order valence-corrected chi connectivity index (χ3v) is 7.01. The van der Waals surface area contributed by atoms with Crippen molar-refractivity contribution in [2.24, 2.45) is 0 Å². The fourth-order valence-electron chi connectivity index (χ4n) is 4.05. The van der Waals surface area contributed by atoms with Gasteiger partial charge in [-0.3, -0.25) is 5.32 Å². The van der Waals surface area contributed by atoms with Crippen LogP contribution in [0, 0.1) is 0 Å². The Bertz CT molecular complexity index is 1250. The minimum Gasteiger partial charge on any atom is -0.423 e. The molecule has 33 heavy (non-hydrogen) atoms. The summed E-state index contributed by atoms with van der Waals surface area (Å²) in [6.07, 6.45) is 1.63. The van der Waals surface area contributed by atoms with Crippen LogP contribution in [0.4, 0.5) is 16.5 Å². The summed E-state index contributed by atoms with van der Waals surface area (Å²) in [6.45, 7) is 2.14. The van der Waals surface area contributed by atoms with Crippen LogP contribution in [0.5, 0.6) is 5.06 Å². The van der Waals surface area contributed by atoms with Crippen molar-refractivity contribution in [3.05, 3.63) is 60.7 Å². The van der Waals surface area contributed by atoms with Crippen LogP contribution in [0.25, 0.3) is 21.5 Å². The molecule has 1 N–H and O–H groups in total. The normalized spacial score (nSPS) is 15.0. The highest BCUT2D eigenvalue weighted by Gasteiger charge is 2.24. The van der Waals surface area contributed by atoms with E-state index in [1.54, 1.807) is 18.2 Å². The minimum absolute atomic E-state index is 0.411. The predicted molar refractivity (Wildman–Crippen MR) is 132 cm³/mol. The number of rotatable bonds is 5. The van der Waals surface area contributed by atoms with Crippen molar-refractivity contribution in [1.29, 1.82) is 0 Å². The molecule has 8 heteroatoms. The second-order valence-electron chi connectivity index (χ2n) is 8.32. The zero-order valence-electron chi connectivity index (χ0n) is 18.7. The first-order valence-corrected chi connectivity index (χ1v) is 11.8. The Kier molecular flexibility index (Phi) is 6.02. The van der Waals surface area contributed by atoms with E-state index in [4.69, 9.17) is 9.15 Å². The Morgan fingerprint density at radius 3 is 2.73 bits per heavy atom. The first kappa shape index (κ1) is 21.5. The second-order valence-corrected chi connectivity index (χ2v) is 9.37. The number of ether oxygens (including phenoxy) is 1. The van der Waals surface area contributed by atoms with E-state index < -0.39 is 6.09 Å². The number of carbonyl (C=O) groups is 1. The summed E-state index contributed by atoms with van der Waals surface area (Å²) in [7, 11) is 4.18. The van der Waals surface area contributed by atoms with Gasteiger partial charge in [0.15, 0.2) is 10.6 Å². The lowest BCUT2D eigenvalue weighted by Gasteiger charge is -2.34. The summed E-state index contributed by atoms with van der Waals surface area (Å²) in [5.74, 6) is 0. The van der Waals surface area contributed by atoms with Crippen LogP contribution in [0.3, 0.4) is 0 Å². The molecule has 1 aliphatic rings. The van der Waals surface area contributed by atoms with Crippen molar-refractivity contribution >= 4 is 40.2 Å². The summed E-state index contributed by atoms with van der Waals surface area (Å²) in [6, 6.07) is 20.2. The zero-order valence-corrected chi connectivity index (χ0v) is 19.5. The Balaban J connectivity index is 1.24. The molecule has 1 amide bonds. The molecule has 0 atom stereocenters. The van der Waals surface area contributed by atoms with Gasteiger partial charge in [-0.2, -0.15) is 4.98 Å². The van der Waals surface area contributed by atoms with E-state index in [2.05, 4.69) is 27.1 Å². The maximum absolute atomic E-state index is 12.4. The van der Waals surface area contributed by atoms with Crippen LogP contribution in [0.15, 0.2) is 65.1 Å². The number of benzene rings is 2. The van der Waals surface area contributed by atoms with Gasteiger partial charge in [-0.05, 0) is 68.9 Å². The van der Waals surface area contributed by atoms with Gasteiger partial charge in [-0.25, -0.2) is 4.79 Å². The Morgan fingerprint density at radius 1 is 1.15 bits per heavy atom. The first-order chi connectivity index (χ1) is 16.0. The van der Waals surface area contributed by atoms with Gasteiger partial charge in [0.25, 0.3) is 6.01 Å². The summed E-state index contributed by atoms with van der Waals surface area (Å²) in [5, 5.41) is 3.32. The fourth-order valence-corrected chi connectivity index (χ4v) is 4.91. The average molecular weight is 463 g/mol. The topological polar surface area (TPSA) is 70.8 Å². The van der Waals surface area contributed by atoms with Gasteiger partial charge >= 0.3 is 6.09 Å². The molecule has 2 aromatic carbocycles. The number of thiophene rings is 1. The molecule has 1 fully saturated rings. The molecule has 170 valence electrons. The standard InChI is InChI=1S/C25H26N4O3S/c1-28-14-12-19(13-15-28)29(2)24-27-20-16-18(8-9-21(20)31-24)26-25(30)32-23-11-10-22(33-23)17-6-4-3-5-7-17/h3-11,16,19H,12-15H2,1-2H3,(H,26,30). The van der Waals surface area contributed by atoms with Crippen molar-refractivity contribution in [1.82, 2.24) is 9.88 Å². The zero-order chi connectivity index (χ0) is 22.8. The quantitative estimate of drug-likeness (QED) is 0.410. The van der Waals surface area contributed by atoms with Crippen LogP contribution in [0.1, 0.15) is 12.8 Å². The summed E-state index contributed by atoms with van der Waals surface area (Å²) < 4.78 is 11.4. The number of nitrogens with one attached hydrogen (secondary N) is 1. The van der Waals surface area contributed by atoms with Gasteiger partial charge in [0.1, 0.15) is 5.52 Å². The summed E-state index contributed by atoms with van der Waals surface area (Å²) in [5.41, 5.74) is 3.09. The van der Waals surface area contributed by atoms with Crippen LogP contribution < -0.4 is 15.0 Å². The maximum atomic E-state index is 12.4. The molecule has 1 aliphatic heterocycles. The highest BCUT2D eigenvalue weighted by Crippen LogP contribution is 2.33. The minimum atomic E-state index is -0.539. The molecule has 4 aromatic rings. The van der Waals surface area contributed by atoms with Crippen LogP contribution in [-0.4, -0.2) is 49.2 Å². The Hall–Kier alpha value is -3.36. The van der Waals surface area contributed by atoms with Gasteiger partial charge in [0.2, 0.25) is 0 Å². The van der Waals surface area contributed by atoms with Crippen LogP contribution >= 0.6 is 11.3 Å². The second kappa shape index (κ2) is 9.25. The van der Waals surface area contributed by atoms with Gasteiger partial charge in [0, 0.05) is 23.7 Å². The number of nitrogens with zero attached hydrogens (tertiary/aromatic N) is 3. The smallest absolute Gasteiger partial charge is 0.417 e. The van der Waals surface area contributed by atoms with Crippen molar-refractivity contribution in [3.63, 3.8) is 0 Å². The SMILES string of the molecule is CN1CCC(N(C)c2nc3cc(NC(=O)Oc4ccc(-c5ccccc5)s4)ccc3o2)CC1. The number of anilines is 2. The number of piperidine rings is 1. The molecule has 0 spiro atoms. The van der Waals surface area contributed by atoms with Gasteiger partial charge < -0.3 is 19.0 Å². The number of likely N-dealkylation sites (tertiary alicyclic amines) is 1. The maximum Gasteiger partial charge on any atom is 0.417 e. The third kappa shape index (κ3) is 4.86. The number of fused-ring (bicyclic) bond motifs is 1. The number of hydrogen-bond acceptors (Lipinski definition) is 7. The molecule has 0 aliphatic carbocycles. The lowest BCUT2D eigenvalue weighted by molar-refractivity contribution is 0.216. The highest BCUT2D eigenvalue weighted by atomic mass is 32.1. The van der Waals surface area contributed by atoms with Crippen LogP contribution in [-0.2, 0) is 0 Å². The van der Waals surface area contributed by atoms with Gasteiger partial charge in [-0.1, -0.05) is 41.7 Å². The molecular formula is C25H26N4O3S. The molecule has 0 bridgehead atoms. The molecule has 7 nitrogen and oxygen atoms in total.